The molecule has 0 amide bonds. The second-order valence-corrected chi connectivity index (χ2v) is 9.59. The van der Waals surface area contributed by atoms with E-state index in [0.717, 1.165) is 30.3 Å². The summed E-state index contributed by atoms with van der Waals surface area (Å²) in [6.45, 7) is 8.36. The molecule has 7 atom stereocenters. The molecule has 0 aromatic rings. The third-order valence-corrected chi connectivity index (χ3v) is 8.80. The number of hydrogen-bond donors (Lipinski definition) is 0. The van der Waals surface area contributed by atoms with Gasteiger partial charge >= 0.3 is 0 Å². The van der Waals surface area contributed by atoms with E-state index in [4.69, 9.17) is 4.74 Å². The molecule has 0 heterocycles. The van der Waals surface area contributed by atoms with Crippen LogP contribution in [0, 0.1) is 34.5 Å². The Balaban J connectivity index is 1.54. The van der Waals surface area contributed by atoms with E-state index >= 15 is 0 Å². The molecule has 4 saturated carbocycles. The summed E-state index contributed by atoms with van der Waals surface area (Å²) in [5, 5.41) is 0. The first-order valence-corrected chi connectivity index (χ1v) is 10.2. The van der Waals surface area contributed by atoms with Crippen LogP contribution in [0.5, 0.6) is 0 Å². The fraction of sp³-hybridized carbons (Fsp3) is 1.00. The molecule has 0 radical (unpaired) electrons. The maximum absolute atomic E-state index is 6.00. The molecule has 4 fully saturated rings. The Hall–Kier alpha value is -0.0400. The van der Waals surface area contributed by atoms with Gasteiger partial charge in [-0.2, -0.15) is 0 Å². The van der Waals surface area contributed by atoms with Gasteiger partial charge in [-0.15, -0.1) is 0 Å². The topological polar surface area (TPSA) is 9.23 Å². The largest absolute Gasteiger partial charge is 0.378 e. The molecule has 126 valence electrons. The lowest BCUT2D eigenvalue weighted by atomic mass is 9.45. The van der Waals surface area contributed by atoms with Crippen molar-refractivity contribution >= 4 is 0 Å². The van der Waals surface area contributed by atoms with Gasteiger partial charge in [-0.3, -0.25) is 0 Å². The highest BCUT2D eigenvalue weighted by atomic mass is 16.5. The molecule has 0 aromatic carbocycles. The van der Waals surface area contributed by atoms with Gasteiger partial charge < -0.3 is 4.74 Å². The minimum atomic E-state index is 0.569. The monoisotopic (exact) mass is 304 g/mol. The third kappa shape index (κ3) is 2.21. The molecule has 7 unspecified atom stereocenters. The third-order valence-electron chi connectivity index (χ3n) is 8.80. The van der Waals surface area contributed by atoms with Crippen molar-refractivity contribution in [3.05, 3.63) is 0 Å². The van der Waals surface area contributed by atoms with Crippen LogP contribution in [0.2, 0.25) is 0 Å². The molecule has 4 rings (SSSR count). The fourth-order valence-electron chi connectivity index (χ4n) is 7.60. The van der Waals surface area contributed by atoms with Gasteiger partial charge in [0, 0.05) is 6.61 Å². The lowest BCUT2D eigenvalue weighted by Crippen LogP contribution is -2.53. The van der Waals surface area contributed by atoms with Crippen LogP contribution < -0.4 is 0 Å². The van der Waals surface area contributed by atoms with E-state index in [0.29, 0.717) is 16.9 Å². The van der Waals surface area contributed by atoms with E-state index in [2.05, 4.69) is 20.8 Å². The Kier molecular flexibility index (Phi) is 3.87. The lowest BCUT2D eigenvalue weighted by molar-refractivity contribution is -0.128. The van der Waals surface area contributed by atoms with E-state index in [-0.39, 0.29) is 0 Å². The summed E-state index contributed by atoms with van der Waals surface area (Å²) in [4.78, 5) is 0. The Morgan fingerprint density at radius 1 is 0.909 bits per heavy atom. The summed E-state index contributed by atoms with van der Waals surface area (Å²) >= 11 is 0. The van der Waals surface area contributed by atoms with Crippen LogP contribution in [0.15, 0.2) is 0 Å². The predicted molar refractivity (Wildman–Crippen MR) is 91.8 cm³/mol. The van der Waals surface area contributed by atoms with Crippen molar-refractivity contribution in [3.8, 4) is 0 Å². The standard InChI is InChI=1S/C21H36O/c1-4-22-16-9-13-21(3)15(14-16)7-8-17-18-6-5-11-20(18,2)12-10-19(17)21/h15-19H,4-14H2,1-3H3. The molecule has 1 nitrogen and oxygen atoms in total. The molecule has 0 saturated heterocycles. The maximum Gasteiger partial charge on any atom is 0.0578 e. The van der Waals surface area contributed by atoms with Gasteiger partial charge in [-0.25, -0.2) is 0 Å². The minimum absolute atomic E-state index is 0.569. The van der Waals surface area contributed by atoms with Gasteiger partial charge in [0.15, 0.2) is 0 Å². The zero-order chi connectivity index (χ0) is 15.4. The Morgan fingerprint density at radius 2 is 1.77 bits per heavy atom. The summed E-state index contributed by atoms with van der Waals surface area (Å²) in [5.74, 6) is 4.11. The number of fused-ring (bicyclic) bond motifs is 5. The van der Waals surface area contributed by atoms with Crippen LogP contribution in [-0.4, -0.2) is 12.7 Å². The van der Waals surface area contributed by atoms with E-state index in [1.54, 1.807) is 6.42 Å². The van der Waals surface area contributed by atoms with Crippen LogP contribution in [-0.2, 0) is 4.74 Å². The van der Waals surface area contributed by atoms with Gasteiger partial charge in [0.25, 0.3) is 0 Å². The number of hydrogen-bond acceptors (Lipinski definition) is 1. The zero-order valence-corrected chi connectivity index (χ0v) is 15.1. The van der Waals surface area contributed by atoms with Crippen LogP contribution in [0.3, 0.4) is 0 Å². The normalized spacial score (nSPS) is 54.4. The zero-order valence-electron chi connectivity index (χ0n) is 15.1. The van der Waals surface area contributed by atoms with Crippen molar-refractivity contribution in [3.63, 3.8) is 0 Å². The second kappa shape index (κ2) is 5.50. The quantitative estimate of drug-likeness (QED) is 0.624. The van der Waals surface area contributed by atoms with Crippen molar-refractivity contribution in [2.24, 2.45) is 34.5 Å². The van der Waals surface area contributed by atoms with Gasteiger partial charge in [0.2, 0.25) is 0 Å². The van der Waals surface area contributed by atoms with Gasteiger partial charge in [0.05, 0.1) is 6.10 Å². The summed E-state index contributed by atoms with van der Waals surface area (Å²) in [6, 6.07) is 0. The average molecular weight is 305 g/mol. The molecule has 1 heteroatoms. The summed E-state index contributed by atoms with van der Waals surface area (Å²) < 4.78 is 6.00. The second-order valence-electron chi connectivity index (χ2n) is 9.59. The number of ether oxygens (including phenoxy) is 1. The molecule has 0 aliphatic heterocycles. The highest BCUT2D eigenvalue weighted by molar-refractivity contribution is 5.07. The molecule has 22 heavy (non-hydrogen) atoms. The molecular formula is C21H36O. The summed E-state index contributed by atoms with van der Waals surface area (Å²) in [7, 11) is 0. The maximum atomic E-state index is 6.00. The Labute approximate surface area is 137 Å². The fourth-order valence-corrected chi connectivity index (χ4v) is 7.60. The van der Waals surface area contributed by atoms with Crippen molar-refractivity contribution in [2.75, 3.05) is 6.61 Å². The van der Waals surface area contributed by atoms with E-state index in [1.165, 1.54) is 57.8 Å². The molecule has 4 aliphatic rings. The van der Waals surface area contributed by atoms with E-state index in [9.17, 15) is 0 Å². The van der Waals surface area contributed by atoms with Crippen molar-refractivity contribution in [1.29, 1.82) is 0 Å². The minimum Gasteiger partial charge on any atom is -0.378 e. The highest BCUT2D eigenvalue weighted by Gasteiger charge is 2.57. The first kappa shape index (κ1) is 15.5. The van der Waals surface area contributed by atoms with E-state index < -0.39 is 0 Å². The Bertz CT molecular complexity index is 418. The van der Waals surface area contributed by atoms with Crippen LogP contribution in [0.4, 0.5) is 0 Å². The molecule has 0 aromatic heterocycles. The van der Waals surface area contributed by atoms with Gasteiger partial charge in [-0.05, 0) is 99.2 Å². The molecule has 0 spiro atoms. The van der Waals surface area contributed by atoms with Gasteiger partial charge in [-0.1, -0.05) is 20.3 Å². The summed E-state index contributed by atoms with van der Waals surface area (Å²) in [6.07, 6.45) is 15.3. The smallest absolute Gasteiger partial charge is 0.0578 e. The van der Waals surface area contributed by atoms with Crippen LogP contribution in [0.1, 0.15) is 85.0 Å². The first-order valence-electron chi connectivity index (χ1n) is 10.2. The summed E-state index contributed by atoms with van der Waals surface area (Å²) in [5.41, 5.74) is 1.35. The van der Waals surface area contributed by atoms with E-state index in [1.807, 2.05) is 0 Å². The first-order chi connectivity index (χ1) is 10.6. The predicted octanol–water partition coefficient (Wildman–Crippen LogP) is 5.82. The van der Waals surface area contributed by atoms with Crippen molar-refractivity contribution in [2.45, 2.75) is 91.1 Å². The molecule has 4 aliphatic carbocycles. The highest BCUT2D eigenvalue weighted by Crippen LogP contribution is 2.66. The van der Waals surface area contributed by atoms with Crippen LogP contribution in [0.25, 0.3) is 0 Å². The SMILES string of the molecule is CCOC1CCC2(C)C(CCC3C4CCCC4(C)CCC32)C1. The van der Waals surface area contributed by atoms with Crippen molar-refractivity contribution < 1.29 is 4.74 Å². The average Bonchev–Trinajstić information content (AvgIpc) is 2.89. The lowest BCUT2D eigenvalue weighted by Gasteiger charge is -2.60. The van der Waals surface area contributed by atoms with Gasteiger partial charge in [0.1, 0.15) is 0 Å². The molecule has 0 N–H and O–H groups in total. The molecular weight excluding hydrogens is 268 g/mol. The van der Waals surface area contributed by atoms with Crippen molar-refractivity contribution in [1.82, 2.24) is 0 Å². The van der Waals surface area contributed by atoms with Crippen LogP contribution >= 0.6 is 0 Å². The molecule has 0 bridgehead atoms. The Morgan fingerprint density at radius 3 is 2.59 bits per heavy atom. The number of rotatable bonds is 2.